The normalized spacial score (nSPS) is 40.8. The zero-order chi connectivity index (χ0) is 14.0. The van der Waals surface area contributed by atoms with E-state index >= 15 is 0 Å². The molecule has 2 rings (SSSR count). The van der Waals surface area contributed by atoms with Crippen molar-refractivity contribution in [2.75, 3.05) is 33.9 Å². The van der Waals surface area contributed by atoms with Crippen molar-refractivity contribution in [3.05, 3.63) is 0 Å². The van der Waals surface area contributed by atoms with E-state index in [1.807, 2.05) is 0 Å². The Bertz CT molecular complexity index is 309. The fraction of sp³-hybridized carbons (Fsp3) is 0.933. The smallest absolute Gasteiger partial charge is 0.137 e. The summed E-state index contributed by atoms with van der Waals surface area (Å²) < 4.78 is 10.9. The van der Waals surface area contributed by atoms with E-state index in [4.69, 9.17) is 9.47 Å². The lowest BCUT2D eigenvalue weighted by molar-refractivity contribution is -0.128. The number of likely N-dealkylation sites (tertiary alicyclic amines) is 1. The van der Waals surface area contributed by atoms with E-state index in [1.54, 1.807) is 14.2 Å². The van der Waals surface area contributed by atoms with Crippen LogP contribution < -0.4 is 0 Å². The second-order valence-corrected chi connectivity index (χ2v) is 6.36. The summed E-state index contributed by atoms with van der Waals surface area (Å²) in [4.78, 5) is 14.5. The number of ketones is 1. The zero-order valence-corrected chi connectivity index (χ0v) is 12.6. The summed E-state index contributed by atoms with van der Waals surface area (Å²) in [5.74, 6) is 1.69. The minimum absolute atomic E-state index is 0.137. The van der Waals surface area contributed by atoms with Crippen LogP contribution in [0.2, 0.25) is 0 Å². The molecule has 1 saturated heterocycles. The molecule has 1 aliphatic carbocycles. The first-order chi connectivity index (χ1) is 9.05. The Morgan fingerprint density at radius 3 is 2.21 bits per heavy atom. The van der Waals surface area contributed by atoms with Gasteiger partial charge in [0.2, 0.25) is 0 Å². The van der Waals surface area contributed by atoms with E-state index in [2.05, 4.69) is 18.7 Å². The van der Waals surface area contributed by atoms with Crippen LogP contribution in [0.5, 0.6) is 0 Å². The summed E-state index contributed by atoms with van der Waals surface area (Å²) in [7, 11) is 3.46. The van der Waals surface area contributed by atoms with Crippen LogP contribution in [0.15, 0.2) is 0 Å². The molecule has 5 atom stereocenters. The molecule has 2 aliphatic rings. The molecular weight excluding hydrogens is 242 g/mol. The molecule has 1 heterocycles. The summed E-state index contributed by atoms with van der Waals surface area (Å²) in [6.07, 6.45) is 2.20. The van der Waals surface area contributed by atoms with Crippen molar-refractivity contribution in [3.8, 4) is 0 Å². The fourth-order valence-corrected chi connectivity index (χ4v) is 3.67. The Balaban J connectivity index is 1.92. The highest BCUT2D eigenvalue weighted by molar-refractivity contribution is 5.82. The molecule has 0 amide bonds. The maximum absolute atomic E-state index is 12.2. The largest absolute Gasteiger partial charge is 0.377 e. The van der Waals surface area contributed by atoms with Gasteiger partial charge in [0.05, 0.1) is 12.2 Å². The van der Waals surface area contributed by atoms with Gasteiger partial charge in [0.15, 0.2) is 0 Å². The molecule has 4 heteroatoms. The average molecular weight is 269 g/mol. The molecule has 1 saturated carbocycles. The van der Waals surface area contributed by atoms with E-state index in [1.165, 1.54) is 6.42 Å². The monoisotopic (exact) mass is 269 g/mol. The Morgan fingerprint density at radius 2 is 1.74 bits per heavy atom. The van der Waals surface area contributed by atoms with Crippen molar-refractivity contribution in [2.24, 2.45) is 17.8 Å². The first-order valence-electron chi connectivity index (χ1n) is 7.35. The van der Waals surface area contributed by atoms with Gasteiger partial charge in [-0.3, -0.25) is 9.69 Å². The van der Waals surface area contributed by atoms with Gasteiger partial charge in [-0.15, -0.1) is 0 Å². The van der Waals surface area contributed by atoms with E-state index in [0.717, 1.165) is 26.1 Å². The number of rotatable bonds is 4. The first-order valence-corrected chi connectivity index (χ1v) is 7.35. The van der Waals surface area contributed by atoms with E-state index in [-0.39, 0.29) is 18.1 Å². The van der Waals surface area contributed by atoms with E-state index in [0.29, 0.717) is 17.6 Å². The molecule has 1 aliphatic heterocycles. The van der Waals surface area contributed by atoms with Gasteiger partial charge >= 0.3 is 0 Å². The van der Waals surface area contributed by atoms with Crippen molar-refractivity contribution < 1.29 is 14.3 Å². The van der Waals surface area contributed by atoms with Crippen molar-refractivity contribution in [2.45, 2.75) is 38.9 Å². The molecule has 4 nitrogen and oxygen atoms in total. The second-order valence-electron chi connectivity index (χ2n) is 6.36. The predicted octanol–water partition coefficient (Wildman–Crippen LogP) is 1.58. The average Bonchev–Trinajstić information content (AvgIpc) is 2.76. The number of hydrogen-bond acceptors (Lipinski definition) is 4. The van der Waals surface area contributed by atoms with Crippen LogP contribution in [-0.2, 0) is 14.3 Å². The van der Waals surface area contributed by atoms with Gasteiger partial charge < -0.3 is 9.47 Å². The lowest BCUT2D eigenvalue weighted by Gasteiger charge is -2.33. The number of carbonyl (C=O) groups is 1. The van der Waals surface area contributed by atoms with Gasteiger partial charge in [-0.2, -0.15) is 0 Å². The van der Waals surface area contributed by atoms with Gasteiger partial charge in [0.1, 0.15) is 5.78 Å². The Labute approximate surface area is 116 Å². The lowest BCUT2D eigenvalue weighted by atomic mass is 9.74. The van der Waals surface area contributed by atoms with Crippen LogP contribution in [0.3, 0.4) is 0 Å². The quantitative estimate of drug-likeness (QED) is 0.777. The van der Waals surface area contributed by atoms with Crippen LogP contribution in [0.1, 0.15) is 26.7 Å². The summed E-state index contributed by atoms with van der Waals surface area (Å²) in [5, 5.41) is 0. The first kappa shape index (κ1) is 14.9. The highest BCUT2D eigenvalue weighted by atomic mass is 16.5. The van der Waals surface area contributed by atoms with Gasteiger partial charge in [-0.05, 0) is 18.3 Å². The third-order valence-electron chi connectivity index (χ3n) is 4.78. The molecule has 2 fully saturated rings. The molecule has 0 N–H and O–H groups in total. The zero-order valence-electron chi connectivity index (χ0n) is 12.6. The molecule has 0 aromatic rings. The van der Waals surface area contributed by atoms with Crippen LogP contribution in [0.25, 0.3) is 0 Å². The summed E-state index contributed by atoms with van der Waals surface area (Å²) in [6, 6.07) is 0. The molecule has 110 valence electrons. The van der Waals surface area contributed by atoms with Gasteiger partial charge in [0, 0.05) is 46.2 Å². The highest BCUT2D eigenvalue weighted by Crippen LogP contribution is 2.32. The molecule has 0 spiro atoms. The summed E-state index contributed by atoms with van der Waals surface area (Å²) >= 11 is 0. The van der Waals surface area contributed by atoms with Crippen LogP contribution >= 0.6 is 0 Å². The van der Waals surface area contributed by atoms with Crippen molar-refractivity contribution in [1.82, 2.24) is 4.90 Å². The van der Waals surface area contributed by atoms with E-state index in [9.17, 15) is 4.79 Å². The molecule has 0 bridgehead atoms. The maximum atomic E-state index is 12.2. The van der Waals surface area contributed by atoms with Gasteiger partial charge in [-0.1, -0.05) is 13.8 Å². The number of hydrogen-bond donors (Lipinski definition) is 0. The fourth-order valence-electron chi connectivity index (χ4n) is 3.67. The number of carbonyl (C=O) groups excluding carboxylic acids is 1. The molecular formula is C15H27NO3. The van der Waals surface area contributed by atoms with Gasteiger partial charge in [0.25, 0.3) is 0 Å². The Kier molecular flexibility index (Phi) is 4.98. The minimum Gasteiger partial charge on any atom is -0.377 e. The van der Waals surface area contributed by atoms with Crippen LogP contribution in [0.4, 0.5) is 0 Å². The third kappa shape index (κ3) is 3.36. The van der Waals surface area contributed by atoms with Gasteiger partial charge in [-0.25, -0.2) is 0 Å². The molecule has 0 radical (unpaired) electrons. The van der Waals surface area contributed by atoms with Crippen LogP contribution in [0, 0.1) is 17.8 Å². The number of ether oxygens (including phenoxy) is 2. The van der Waals surface area contributed by atoms with Crippen molar-refractivity contribution in [3.63, 3.8) is 0 Å². The maximum Gasteiger partial charge on any atom is 0.137 e. The van der Waals surface area contributed by atoms with Crippen molar-refractivity contribution in [1.29, 1.82) is 0 Å². The number of methoxy groups -OCH3 is 2. The third-order valence-corrected chi connectivity index (χ3v) is 4.78. The highest BCUT2D eigenvalue weighted by Gasteiger charge is 2.38. The molecule has 5 unspecified atom stereocenters. The van der Waals surface area contributed by atoms with Crippen LogP contribution in [-0.4, -0.2) is 56.7 Å². The van der Waals surface area contributed by atoms with Crippen molar-refractivity contribution >= 4 is 5.78 Å². The number of nitrogens with zero attached hydrogens (tertiary/aromatic N) is 1. The number of Topliss-reactive ketones (excluding diaryl/α,β-unsaturated/α-hetero) is 1. The Hall–Kier alpha value is -0.450. The summed E-state index contributed by atoms with van der Waals surface area (Å²) in [5.41, 5.74) is 0. The predicted molar refractivity (Wildman–Crippen MR) is 74.1 cm³/mol. The molecule has 0 aromatic heterocycles. The summed E-state index contributed by atoms with van der Waals surface area (Å²) in [6.45, 7) is 7.02. The minimum atomic E-state index is 0.137. The molecule has 19 heavy (non-hydrogen) atoms. The SMILES string of the molecule is COC1CN(CC2C(=O)CC(C)CC2C)CC1OC. The Morgan fingerprint density at radius 1 is 1.16 bits per heavy atom. The lowest BCUT2D eigenvalue weighted by Crippen LogP contribution is -2.39. The second kappa shape index (κ2) is 6.33. The molecule has 0 aromatic carbocycles. The topological polar surface area (TPSA) is 38.8 Å². The van der Waals surface area contributed by atoms with E-state index < -0.39 is 0 Å². The standard InChI is InChI=1S/C15H27NO3/c1-10-5-11(2)12(13(17)6-10)7-16-8-14(18-3)15(9-16)19-4/h10-12,14-15H,5-9H2,1-4H3.